The number of nitrogens with one attached hydrogen (secondary N) is 1. The smallest absolute Gasteiger partial charge is 0.338 e. The monoisotopic (exact) mass is 309 g/mol. The zero-order valence-corrected chi connectivity index (χ0v) is 13.0. The Kier molecular flexibility index (Phi) is 4.42. The van der Waals surface area contributed by atoms with Gasteiger partial charge in [-0.15, -0.1) is 0 Å². The molecule has 0 aliphatic heterocycles. The molecule has 2 unspecified atom stereocenters. The lowest BCUT2D eigenvalue weighted by Gasteiger charge is -2.06. The molecule has 4 nitrogen and oxygen atoms in total. The van der Waals surface area contributed by atoms with Crippen LogP contribution in [0.5, 0.6) is 0 Å². The topological polar surface area (TPSA) is 55.4 Å². The Morgan fingerprint density at radius 2 is 1.78 bits per heavy atom. The first-order valence-corrected chi connectivity index (χ1v) is 7.82. The number of hydrogen-bond acceptors (Lipinski definition) is 3. The molecule has 4 heteroatoms. The molecule has 1 N–H and O–H groups in total. The maximum atomic E-state index is 12.3. The minimum Gasteiger partial charge on any atom is -0.462 e. The van der Waals surface area contributed by atoms with Crippen LogP contribution in [0.25, 0.3) is 0 Å². The van der Waals surface area contributed by atoms with Crippen LogP contribution in [0, 0.1) is 5.92 Å². The fourth-order valence-electron chi connectivity index (χ4n) is 2.69. The molecule has 2 atom stereocenters. The number of esters is 1. The normalized spacial score (nSPS) is 19.0. The van der Waals surface area contributed by atoms with Crippen LogP contribution in [-0.2, 0) is 9.53 Å². The second-order valence-corrected chi connectivity index (χ2v) is 5.65. The van der Waals surface area contributed by atoms with Crippen molar-refractivity contribution in [2.75, 3.05) is 11.9 Å². The van der Waals surface area contributed by atoms with Gasteiger partial charge in [0.15, 0.2) is 0 Å². The first kappa shape index (κ1) is 15.3. The Bertz CT molecular complexity index is 694. The average Bonchev–Trinajstić information content (AvgIpc) is 3.37. The molecule has 23 heavy (non-hydrogen) atoms. The summed E-state index contributed by atoms with van der Waals surface area (Å²) in [6, 6.07) is 16.9. The van der Waals surface area contributed by atoms with Gasteiger partial charge in [-0.25, -0.2) is 4.79 Å². The summed E-state index contributed by atoms with van der Waals surface area (Å²) < 4.78 is 4.93. The van der Waals surface area contributed by atoms with Crippen LogP contribution < -0.4 is 5.32 Å². The average molecular weight is 309 g/mol. The third kappa shape index (κ3) is 3.59. The quantitative estimate of drug-likeness (QED) is 0.859. The summed E-state index contributed by atoms with van der Waals surface area (Å²) in [4.78, 5) is 23.9. The highest BCUT2D eigenvalue weighted by Gasteiger charge is 2.43. The predicted octanol–water partition coefficient (Wildman–Crippen LogP) is 3.61. The number of anilines is 1. The van der Waals surface area contributed by atoms with E-state index in [1.165, 1.54) is 5.56 Å². The van der Waals surface area contributed by atoms with E-state index in [1.54, 1.807) is 31.2 Å². The van der Waals surface area contributed by atoms with Gasteiger partial charge in [0.2, 0.25) is 5.91 Å². The summed E-state index contributed by atoms with van der Waals surface area (Å²) in [5, 5.41) is 2.91. The molecule has 2 aromatic carbocycles. The first-order chi connectivity index (χ1) is 11.2. The van der Waals surface area contributed by atoms with Crippen molar-refractivity contribution in [3.05, 3.63) is 65.7 Å². The van der Waals surface area contributed by atoms with Gasteiger partial charge in [-0.05, 0) is 49.1 Å². The molecule has 0 aromatic heterocycles. The summed E-state index contributed by atoms with van der Waals surface area (Å²) in [6.07, 6.45) is 0.886. The Morgan fingerprint density at radius 1 is 1.09 bits per heavy atom. The lowest BCUT2D eigenvalue weighted by Crippen LogP contribution is -2.14. The van der Waals surface area contributed by atoms with E-state index < -0.39 is 0 Å². The molecule has 1 aliphatic carbocycles. The van der Waals surface area contributed by atoms with E-state index in [0.717, 1.165) is 6.42 Å². The Labute approximate surface area is 135 Å². The molecule has 1 saturated carbocycles. The van der Waals surface area contributed by atoms with Crippen LogP contribution in [-0.4, -0.2) is 18.5 Å². The zero-order valence-electron chi connectivity index (χ0n) is 13.0. The van der Waals surface area contributed by atoms with Gasteiger partial charge >= 0.3 is 5.97 Å². The number of carbonyl (C=O) groups is 2. The molecule has 118 valence electrons. The van der Waals surface area contributed by atoms with E-state index in [0.29, 0.717) is 23.8 Å². The highest BCUT2D eigenvalue weighted by Crippen LogP contribution is 2.47. The molecule has 2 aromatic rings. The third-order valence-corrected chi connectivity index (χ3v) is 4.02. The molecule has 0 bridgehead atoms. The zero-order chi connectivity index (χ0) is 16.2. The van der Waals surface area contributed by atoms with E-state index in [1.807, 2.05) is 18.2 Å². The SMILES string of the molecule is CCOC(=O)c1ccc(NC(=O)C2CC2c2ccccc2)cc1. The van der Waals surface area contributed by atoms with Crippen molar-refractivity contribution in [3.63, 3.8) is 0 Å². The number of rotatable bonds is 5. The molecule has 1 fully saturated rings. The molecular formula is C19H19NO3. The van der Waals surface area contributed by atoms with Crippen molar-refractivity contribution >= 4 is 17.6 Å². The van der Waals surface area contributed by atoms with Crippen LogP contribution >= 0.6 is 0 Å². The van der Waals surface area contributed by atoms with Gasteiger partial charge in [-0.1, -0.05) is 30.3 Å². The molecule has 0 spiro atoms. The van der Waals surface area contributed by atoms with Crippen molar-refractivity contribution in [1.82, 2.24) is 0 Å². The molecule has 1 amide bonds. The highest BCUT2D eigenvalue weighted by atomic mass is 16.5. The van der Waals surface area contributed by atoms with E-state index in [9.17, 15) is 9.59 Å². The molecule has 3 rings (SSSR count). The van der Waals surface area contributed by atoms with Crippen molar-refractivity contribution < 1.29 is 14.3 Å². The lowest BCUT2D eigenvalue weighted by molar-refractivity contribution is -0.117. The standard InChI is InChI=1S/C19H19NO3/c1-2-23-19(22)14-8-10-15(11-9-14)20-18(21)17-12-16(17)13-6-4-3-5-7-13/h3-11,16-17H,2,12H2,1H3,(H,20,21). The first-order valence-electron chi connectivity index (χ1n) is 7.82. The van der Waals surface area contributed by atoms with Gasteiger partial charge in [0, 0.05) is 11.6 Å². The fraction of sp³-hybridized carbons (Fsp3) is 0.263. The summed E-state index contributed by atoms with van der Waals surface area (Å²) in [5.41, 5.74) is 2.39. The summed E-state index contributed by atoms with van der Waals surface area (Å²) in [6.45, 7) is 2.12. The molecule has 0 heterocycles. The fourth-order valence-corrected chi connectivity index (χ4v) is 2.69. The Balaban J connectivity index is 1.58. The number of amides is 1. The summed E-state index contributed by atoms with van der Waals surface area (Å²) in [5.74, 6) is 0.0246. The Morgan fingerprint density at radius 3 is 2.43 bits per heavy atom. The van der Waals surface area contributed by atoms with E-state index >= 15 is 0 Å². The highest BCUT2D eigenvalue weighted by molar-refractivity contribution is 5.96. The van der Waals surface area contributed by atoms with Crippen molar-refractivity contribution in [2.45, 2.75) is 19.3 Å². The number of benzene rings is 2. The van der Waals surface area contributed by atoms with E-state index in [-0.39, 0.29) is 17.8 Å². The minimum absolute atomic E-state index is 0.0298. The van der Waals surface area contributed by atoms with Gasteiger partial charge in [-0.3, -0.25) is 4.79 Å². The molecule has 1 aliphatic rings. The van der Waals surface area contributed by atoms with Crippen LogP contribution in [0.3, 0.4) is 0 Å². The van der Waals surface area contributed by atoms with Crippen LogP contribution in [0.1, 0.15) is 35.2 Å². The lowest BCUT2D eigenvalue weighted by atomic mass is 10.1. The number of hydrogen-bond donors (Lipinski definition) is 1. The maximum Gasteiger partial charge on any atom is 0.338 e. The maximum absolute atomic E-state index is 12.3. The second kappa shape index (κ2) is 6.65. The summed E-state index contributed by atoms with van der Waals surface area (Å²) >= 11 is 0. The summed E-state index contributed by atoms with van der Waals surface area (Å²) in [7, 11) is 0. The molecule has 0 radical (unpaired) electrons. The van der Waals surface area contributed by atoms with Crippen LogP contribution in [0.15, 0.2) is 54.6 Å². The third-order valence-electron chi connectivity index (χ3n) is 4.02. The van der Waals surface area contributed by atoms with Gasteiger partial charge < -0.3 is 10.1 Å². The largest absolute Gasteiger partial charge is 0.462 e. The van der Waals surface area contributed by atoms with E-state index in [2.05, 4.69) is 17.4 Å². The number of ether oxygens (including phenoxy) is 1. The van der Waals surface area contributed by atoms with Gasteiger partial charge in [-0.2, -0.15) is 0 Å². The molecule has 0 saturated heterocycles. The van der Waals surface area contributed by atoms with Crippen molar-refractivity contribution in [2.24, 2.45) is 5.92 Å². The van der Waals surface area contributed by atoms with Gasteiger partial charge in [0.05, 0.1) is 12.2 Å². The predicted molar refractivity (Wildman–Crippen MR) is 88.3 cm³/mol. The van der Waals surface area contributed by atoms with E-state index in [4.69, 9.17) is 4.74 Å². The Hall–Kier alpha value is -2.62. The van der Waals surface area contributed by atoms with Gasteiger partial charge in [0.1, 0.15) is 0 Å². The van der Waals surface area contributed by atoms with Crippen molar-refractivity contribution in [1.29, 1.82) is 0 Å². The van der Waals surface area contributed by atoms with Crippen LogP contribution in [0.2, 0.25) is 0 Å². The van der Waals surface area contributed by atoms with Crippen molar-refractivity contribution in [3.8, 4) is 0 Å². The second-order valence-electron chi connectivity index (χ2n) is 5.65. The molecular weight excluding hydrogens is 290 g/mol. The minimum atomic E-state index is -0.350. The van der Waals surface area contributed by atoms with Crippen LogP contribution in [0.4, 0.5) is 5.69 Å². The number of carbonyl (C=O) groups excluding carboxylic acids is 2. The van der Waals surface area contributed by atoms with Gasteiger partial charge in [0.25, 0.3) is 0 Å².